The van der Waals surface area contributed by atoms with Gasteiger partial charge in [0.15, 0.2) is 0 Å². The van der Waals surface area contributed by atoms with Crippen molar-refractivity contribution in [2.45, 2.75) is 19.9 Å². The number of hydrogen-bond acceptors (Lipinski definition) is 3. The van der Waals surface area contributed by atoms with Gasteiger partial charge in [0.25, 0.3) is 0 Å². The van der Waals surface area contributed by atoms with E-state index >= 15 is 0 Å². The molecule has 2 rings (SSSR count). The fraction of sp³-hybridized carbons (Fsp3) is 0.467. The summed E-state index contributed by atoms with van der Waals surface area (Å²) in [6.45, 7) is 3.94. The number of carboxylic acid groups (broad SMARTS) is 1. The van der Waals surface area contributed by atoms with Crippen LogP contribution < -0.4 is 5.32 Å². The summed E-state index contributed by atoms with van der Waals surface area (Å²) in [5.74, 6) is -1.16. The van der Waals surface area contributed by atoms with E-state index in [0.29, 0.717) is 26.1 Å². The molecule has 1 unspecified atom stereocenters. The molecule has 6 heteroatoms. The zero-order valence-electron chi connectivity index (χ0n) is 12.0. The second-order valence-corrected chi connectivity index (χ2v) is 5.26. The predicted octanol–water partition coefficient (Wildman–Crippen LogP) is 1.44. The van der Waals surface area contributed by atoms with Crippen LogP contribution in [0.15, 0.2) is 24.3 Å². The average Bonchev–Trinajstić information content (AvgIpc) is 2.86. The van der Waals surface area contributed by atoms with Crippen molar-refractivity contribution in [1.82, 2.24) is 10.2 Å². The van der Waals surface area contributed by atoms with Gasteiger partial charge in [0, 0.05) is 13.1 Å². The Bertz CT molecular complexity index is 507. The number of aliphatic carboxylic acids is 1. The number of benzene rings is 1. The van der Waals surface area contributed by atoms with E-state index in [1.54, 1.807) is 0 Å². The highest BCUT2D eigenvalue weighted by Crippen LogP contribution is 2.15. The molecule has 0 aromatic heterocycles. The summed E-state index contributed by atoms with van der Waals surface area (Å²) in [5.41, 5.74) is 2.26. The Morgan fingerprint density at radius 1 is 1.38 bits per heavy atom. The number of likely N-dealkylation sites (tertiary alicyclic amines) is 1. The normalized spacial score (nSPS) is 18.0. The summed E-state index contributed by atoms with van der Waals surface area (Å²) in [7, 11) is 0. The van der Waals surface area contributed by atoms with Crippen molar-refractivity contribution in [3.63, 3.8) is 0 Å². The lowest BCUT2D eigenvalue weighted by Gasteiger charge is -2.15. The average molecular weight is 313 g/mol. The Hall–Kier alpha value is -1.59. The van der Waals surface area contributed by atoms with Crippen LogP contribution in [0.4, 0.5) is 0 Å². The molecular formula is C15H21ClN2O3. The molecular weight excluding hydrogens is 292 g/mol. The molecule has 0 radical (unpaired) electrons. The first-order valence-electron chi connectivity index (χ1n) is 6.82. The molecule has 1 aromatic rings. The van der Waals surface area contributed by atoms with Crippen LogP contribution in [0.2, 0.25) is 0 Å². The van der Waals surface area contributed by atoms with Crippen LogP contribution in [0.3, 0.4) is 0 Å². The van der Waals surface area contributed by atoms with E-state index in [1.807, 2.05) is 36.1 Å². The number of amides is 1. The van der Waals surface area contributed by atoms with Gasteiger partial charge < -0.3 is 10.4 Å². The minimum atomic E-state index is -0.771. The second-order valence-electron chi connectivity index (χ2n) is 5.26. The van der Waals surface area contributed by atoms with Gasteiger partial charge in [0.1, 0.15) is 0 Å². The predicted molar refractivity (Wildman–Crippen MR) is 82.5 cm³/mol. The Labute approximate surface area is 130 Å². The van der Waals surface area contributed by atoms with Crippen LogP contribution in [0.5, 0.6) is 0 Å². The Morgan fingerprint density at radius 2 is 2.10 bits per heavy atom. The summed E-state index contributed by atoms with van der Waals surface area (Å²) < 4.78 is 0. The number of nitrogens with zero attached hydrogens (tertiary/aromatic N) is 1. The molecule has 0 saturated carbocycles. The SMILES string of the molecule is Cc1ccccc1CNC(=O)CN1CCC(C(=O)O)C1.Cl. The quantitative estimate of drug-likeness (QED) is 0.863. The van der Waals surface area contributed by atoms with Crippen LogP contribution in [-0.4, -0.2) is 41.5 Å². The van der Waals surface area contributed by atoms with Gasteiger partial charge in [-0.25, -0.2) is 0 Å². The zero-order chi connectivity index (χ0) is 14.5. The third-order valence-electron chi connectivity index (χ3n) is 3.73. The van der Waals surface area contributed by atoms with Gasteiger partial charge in [0.05, 0.1) is 12.5 Å². The number of aryl methyl sites for hydroxylation is 1. The summed E-state index contributed by atoms with van der Waals surface area (Å²) in [6, 6.07) is 7.93. The number of carbonyl (C=O) groups excluding carboxylic acids is 1. The highest BCUT2D eigenvalue weighted by Gasteiger charge is 2.28. The van der Waals surface area contributed by atoms with Gasteiger partial charge in [0.2, 0.25) is 5.91 Å². The first kappa shape index (κ1) is 17.5. The maximum absolute atomic E-state index is 11.9. The Balaban J connectivity index is 0.00000220. The molecule has 0 bridgehead atoms. The third kappa shape index (κ3) is 5.02. The van der Waals surface area contributed by atoms with Crippen molar-refractivity contribution >= 4 is 24.3 Å². The van der Waals surface area contributed by atoms with Gasteiger partial charge in [-0.15, -0.1) is 12.4 Å². The minimum Gasteiger partial charge on any atom is -0.481 e. The molecule has 116 valence electrons. The van der Waals surface area contributed by atoms with Crippen LogP contribution in [-0.2, 0) is 16.1 Å². The lowest BCUT2D eigenvalue weighted by molar-refractivity contribution is -0.141. The summed E-state index contributed by atoms with van der Waals surface area (Å²) in [6.07, 6.45) is 0.625. The van der Waals surface area contributed by atoms with E-state index in [0.717, 1.165) is 11.1 Å². The number of carbonyl (C=O) groups is 2. The first-order chi connectivity index (χ1) is 9.56. The molecule has 1 amide bonds. The number of hydrogen-bond donors (Lipinski definition) is 2. The number of carboxylic acids is 1. The van der Waals surface area contributed by atoms with Crippen LogP contribution in [0, 0.1) is 12.8 Å². The molecule has 1 fully saturated rings. The molecule has 0 aliphatic carbocycles. The summed E-state index contributed by atoms with van der Waals surface area (Å²) in [5, 5.41) is 11.8. The molecule has 0 spiro atoms. The van der Waals surface area contributed by atoms with Crippen LogP contribution in [0.25, 0.3) is 0 Å². The zero-order valence-corrected chi connectivity index (χ0v) is 12.9. The van der Waals surface area contributed by atoms with Crippen molar-refractivity contribution in [2.24, 2.45) is 5.92 Å². The third-order valence-corrected chi connectivity index (χ3v) is 3.73. The number of rotatable bonds is 5. The van der Waals surface area contributed by atoms with Crippen molar-refractivity contribution in [1.29, 1.82) is 0 Å². The van der Waals surface area contributed by atoms with Gasteiger partial charge in [-0.05, 0) is 31.0 Å². The summed E-state index contributed by atoms with van der Waals surface area (Å²) in [4.78, 5) is 24.6. The second kappa shape index (κ2) is 8.00. The fourth-order valence-corrected chi connectivity index (χ4v) is 2.44. The monoisotopic (exact) mass is 312 g/mol. The van der Waals surface area contributed by atoms with Crippen LogP contribution >= 0.6 is 12.4 Å². The van der Waals surface area contributed by atoms with Crippen molar-refractivity contribution in [2.75, 3.05) is 19.6 Å². The van der Waals surface area contributed by atoms with Gasteiger partial charge in [-0.1, -0.05) is 24.3 Å². The smallest absolute Gasteiger partial charge is 0.307 e. The topological polar surface area (TPSA) is 69.6 Å². The molecule has 2 N–H and O–H groups in total. The highest BCUT2D eigenvalue weighted by atomic mass is 35.5. The summed E-state index contributed by atoms with van der Waals surface area (Å²) >= 11 is 0. The molecule has 5 nitrogen and oxygen atoms in total. The molecule has 1 aromatic carbocycles. The van der Waals surface area contributed by atoms with Crippen molar-refractivity contribution in [3.8, 4) is 0 Å². The van der Waals surface area contributed by atoms with E-state index < -0.39 is 5.97 Å². The number of nitrogens with one attached hydrogen (secondary N) is 1. The van der Waals surface area contributed by atoms with Crippen LogP contribution in [0.1, 0.15) is 17.5 Å². The molecule has 1 heterocycles. The molecule has 1 aliphatic heterocycles. The van der Waals surface area contributed by atoms with Crippen molar-refractivity contribution in [3.05, 3.63) is 35.4 Å². The van der Waals surface area contributed by atoms with E-state index in [1.165, 1.54) is 0 Å². The first-order valence-corrected chi connectivity index (χ1v) is 6.82. The Morgan fingerprint density at radius 3 is 2.71 bits per heavy atom. The van der Waals surface area contributed by atoms with Gasteiger partial charge in [-0.2, -0.15) is 0 Å². The maximum atomic E-state index is 11.9. The van der Waals surface area contributed by atoms with E-state index in [2.05, 4.69) is 5.32 Å². The minimum absolute atomic E-state index is 0. The number of halogens is 1. The highest BCUT2D eigenvalue weighted by molar-refractivity contribution is 5.85. The van der Waals surface area contributed by atoms with Gasteiger partial charge >= 0.3 is 5.97 Å². The van der Waals surface area contributed by atoms with E-state index in [9.17, 15) is 9.59 Å². The molecule has 1 atom stereocenters. The standard InChI is InChI=1S/C15H20N2O3.ClH/c1-11-4-2-3-5-12(11)8-16-14(18)10-17-7-6-13(9-17)15(19)20;/h2-5,13H,6-10H2,1H3,(H,16,18)(H,19,20);1H. The Kier molecular flexibility index (Phi) is 6.65. The fourth-order valence-electron chi connectivity index (χ4n) is 2.44. The largest absolute Gasteiger partial charge is 0.481 e. The maximum Gasteiger partial charge on any atom is 0.307 e. The van der Waals surface area contributed by atoms with E-state index in [-0.39, 0.29) is 30.8 Å². The molecule has 1 aliphatic rings. The van der Waals surface area contributed by atoms with E-state index in [4.69, 9.17) is 5.11 Å². The van der Waals surface area contributed by atoms with Crippen molar-refractivity contribution < 1.29 is 14.7 Å². The molecule has 21 heavy (non-hydrogen) atoms. The molecule has 1 saturated heterocycles. The lowest BCUT2D eigenvalue weighted by Crippen LogP contribution is -2.36. The van der Waals surface area contributed by atoms with Gasteiger partial charge in [-0.3, -0.25) is 14.5 Å². The lowest BCUT2D eigenvalue weighted by atomic mass is 10.1.